The van der Waals surface area contributed by atoms with Gasteiger partial charge in [0.25, 0.3) is 0 Å². The Labute approximate surface area is 101 Å². The number of hydrogen-bond acceptors (Lipinski definition) is 3. The maximum absolute atomic E-state index is 6.18. The van der Waals surface area contributed by atoms with Crippen molar-refractivity contribution in [3.8, 4) is 0 Å². The van der Waals surface area contributed by atoms with Gasteiger partial charge in [-0.15, -0.1) is 11.3 Å². The molecule has 2 unspecified atom stereocenters. The van der Waals surface area contributed by atoms with Crippen LogP contribution in [0.4, 0.5) is 0 Å². The van der Waals surface area contributed by atoms with Gasteiger partial charge < -0.3 is 5.73 Å². The van der Waals surface area contributed by atoms with Gasteiger partial charge in [-0.3, -0.25) is 0 Å². The average Bonchev–Trinajstić information content (AvgIpc) is 2.70. The van der Waals surface area contributed by atoms with Crippen molar-refractivity contribution < 1.29 is 0 Å². The SMILES string of the molecule is CCC(N)C(SCC(C)C)c1cccs1. The molecule has 1 heterocycles. The molecule has 0 spiro atoms. The molecule has 2 N–H and O–H groups in total. The van der Waals surface area contributed by atoms with Crippen LogP contribution in [-0.2, 0) is 0 Å². The fraction of sp³-hybridized carbons (Fsp3) is 0.667. The Balaban J connectivity index is 2.62. The van der Waals surface area contributed by atoms with Crippen LogP contribution in [0.3, 0.4) is 0 Å². The number of thioether (sulfide) groups is 1. The first-order valence-electron chi connectivity index (χ1n) is 5.55. The van der Waals surface area contributed by atoms with Gasteiger partial charge in [-0.1, -0.05) is 26.8 Å². The van der Waals surface area contributed by atoms with E-state index in [1.165, 1.54) is 10.6 Å². The lowest BCUT2D eigenvalue weighted by Crippen LogP contribution is -2.25. The lowest BCUT2D eigenvalue weighted by molar-refractivity contribution is 0.636. The van der Waals surface area contributed by atoms with Crippen molar-refractivity contribution in [2.75, 3.05) is 5.75 Å². The third-order valence-electron chi connectivity index (χ3n) is 2.29. The zero-order chi connectivity index (χ0) is 11.3. The lowest BCUT2D eigenvalue weighted by Gasteiger charge is -2.22. The van der Waals surface area contributed by atoms with E-state index in [-0.39, 0.29) is 6.04 Å². The first kappa shape index (κ1) is 13.1. The number of thiophene rings is 1. The monoisotopic (exact) mass is 243 g/mol. The van der Waals surface area contributed by atoms with E-state index in [2.05, 4.69) is 38.3 Å². The summed E-state index contributed by atoms with van der Waals surface area (Å²) in [5.41, 5.74) is 6.18. The van der Waals surface area contributed by atoms with Crippen LogP contribution < -0.4 is 5.73 Å². The molecule has 0 aromatic carbocycles. The van der Waals surface area contributed by atoms with Gasteiger partial charge in [0.2, 0.25) is 0 Å². The van der Waals surface area contributed by atoms with Crippen LogP contribution in [0.1, 0.15) is 37.3 Å². The van der Waals surface area contributed by atoms with Gasteiger partial charge in [0.05, 0.1) is 5.25 Å². The number of nitrogens with two attached hydrogens (primary N) is 1. The second-order valence-electron chi connectivity index (χ2n) is 4.24. The highest BCUT2D eigenvalue weighted by Crippen LogP contribution is 2.36. The summed E-state index contributed by atoms with van der Waals surface area (Å²) in [6.07, 6.45) is 1.05. The molecule has 0 amide bonds. The molecule has 0 fully saturated rings. The van der Waals surface area contributed by atoms with Crippen LogP contribution in [0.15, 0.2) is 17.5 Å². The summed E-state index contributed by atoms with van der Waals surface area (Å²) < 4.78 is 0. The fourth-order valence-corrected chi connectivity index (χ4v) is 3.81. The Morgan fingerprint density at radius 3 is 2.67 bits per heavy atom. The zero-order valence-electron chi connectivity index (χ0n) is 9.77. The molecule has 0 aliphatic carbocycles. The second kappa shape index (κ2) is 6.56. The van der Waals surface area contributed by atoms with Crippen molar-refractivity contribution in [1.29, 1.82) is 0 Å². The largest absolute Gasteiger partial charge is 0.326 e. The van der Waals surface area contributed by atoms with E-state index >= 15 is 0 Å². The van der Waals surface area contributed by atoms with Crippen LogP contribution in [0.25, 0.3) is 0 Å². The summed E-state index contributed by atoms with van der Waals surface area (Å²) in [6.45, 7) is 6.69. The highest BCUT2D eigenvalue weighted by molar-refractivity contribution is 7.99. The zero-order valence-corrected chi connectivity index (χ0v) is 11.4. The van der Waals surface area contributed by atoms with Crippen molar-refractivity contribution in [3.63, 3.8) is 0 Å². The van der Waals surface area contributed by atoms with E-state index in [1.807, 2.05) is 23.1 Å². The molecule has 15 heavy (non-hydrogen) atoms. The standard InChI is InChI=1S/C12H21NS2/c1-4-10(13)12(15-8-9(2)3)11-6-5-7-14-11/h5-7,9-10,12H,4,8,13H2,1-3H3. The Hall–Kier alpha value is 0.01000. The third-order valence-corrected chi connectivity index (χ3v) is 5.22. The first-order chi connectivity index (χ1) is 7.15. The molecule has 0 aliphatic rings. The molecule has 1 rings (SSSR count). The molecule has 0 bridgehead atoms. The van der Waals surface area contributed by atoms with Crippen LogP contribution in [0.2, 0.25) is 0 Å². The molecule has 2 atom stereocenters. The van der Waals surface area contributed by atoms with Crippen molar-refractivity contribution in [2.24, 2.45) is 11.7 Å². The maximum atomic E-state index is 6.18. The summed E-state index contributed by atoms with van der Waals surface area (Å²) >= 11 is 3.83. The van der Waals surface area contributed by atoms with Gasteiger partial charge in [0, 0.05) is 10.9 Å². The van der Waals surface area contributed by atoms with E-state index in [1.54, 1.807) is 0 Å². The third kappa shape index (κ3) is 4.17. The second-order valence-corrected chi connectivity index (χ2v) is 6.39. The Bertz CT molecular complexity index is 257. The quantitative estimate of drug-likeness (QED) is 0.819. The fourth-order valence-electron chi connectivity index (χ4n) is 1.38. The molecule has 1 nitrogen and oxygen atoms in total. The molecule has 0 radical (unpaired) electrons. The summed E-state index contributed by atoms with van der Waals surface area (Å²) in [5, 5.41) is 2.62. The summed E-state index contributed by atoms with van der Waals surface area (Å²) in [5.74, 6) is 1.93. The first-order valence-corrected chi connectivity index (χ1v) is 7.48. The van der Waals surface area contributed by atoms with E-state index in [9.17, 15) is 0 Å². The average molecular weight is 243 g/mol. The van der Waals surface area contributed by atoms with Crippen LogP contribution in [0.5, 0.6) is 0 Å². The van der Waals surface area contributed by atoms with Gasteiger partial charge in [-0.05, 0) is 29.5 Å². The molecule has 0 saturated heterocycles. The lowest BCUT2D eigenvalue weighted by atomic mass is 10.1. The summed E-state index contributed by atoms with van der Waals surface area (Å²) in [4.78, 5) is 1.43. The minimum Gasteiger partial charge on any atom is -0.326 e. The van der Waals surface area contributed by atoms with E-state index < -0.39 is 0 Å². The van der Waals surface area contributed by atoms with Gasteiger partial charge in [0.15, 0.2) is 0 Å². The van der Waals surface area contributed by atoms with Crippen molar-refractivity contribution >= 4 is 23.1 Å². The van der Waals surface area contributed by atoms with Crippen molar-refractivity contribution in [2.45, 2.75) is 38.5 Å². The molecule has 1 aromatic heterocycles. The molecule has 3 heteroatoms. The highest BCUT2D eigenvalue weighted by Gasteiger charge is 2.20. The minimum absolute atomic E-state index is 0.285. The number of rotatable bonds is 6. The Morgan fingerprint density at radius 1 is 1.47 bits per heavy atom. The number of hydrogen-bond donors (Lipinski definition) is 1. The van der Waals surface area contributed by atoms with Crippen LogP contribution in [0, 0.1) is 5.92 Å². The van der Waals surface area contributed by atoms with Gasteiger partial charge >= 0.3 is 0 Å². The Morgan fingerprint density at radius 2 is 2.20 bits per heavy atom. The van der Waals surface area contributed by atoms with E-state index in [4.69, 9.17) is 5.73 Å². The molecule has 86 valence electrons. The van der Waals surface area contributed by atoms with E-state index in [0.29, 0.717) is 5.25 Å². The molecule has 1 aromatic rings. The summed E-state index contributed by atoms with van der Waals surface area (Å²) in [7, 11) is 0. The maximum Gasteiger partial charge on any atom is 0.0542 e. The predicted octanol–water partition coefficient (Wildman–Crippen LogP) is 3.92. The predicted molar refractivity (Wildman–Crippen MR) is 72.6 cm³/mol. The smallest absolute Gasteiger partial charge is 0.0542 e. The van der Waals surface area contributed by atoms with Gasteiger partial charge in [-0.2, -0.15) is 11.8 Å². The topological polar surface area (TPSA) is 26.0 Å². The van der Waals surface area contributed by atoms with Crippen LogP contribution >= 0.6 is 23.1 Å². The van der Waals surface area contributed by atoms with Crippen molar-refractivity contribution in [3.05, 3.63) is 22.4 Å². The van der Waals surface area contributed by atoms with Gasteiger partial charge in [0.1, 0.15) is 0 Å². The summed E-state index contributed by atoms with van der Waals surface area (Å²) in [6, 6.07) is 4.61. The van der Waals surface area contributed by atoms with Gasteiger partial charge in [-0.25, -0.2) is 0 Å². The normalized spacial score (nSPS) is 15.5. The minimum atomic E-state index is 0.285. The molecular formula is C12H21NS2. The van der Waals surface area contributed by atoms with Crippen molar-refractivity contribution in [1.82, 2.24) is 0 Å². The highest BCUT2D eigenvalue weighted by atomic mass is 32.2. The van der Waals surface area contributed by atoms with E-state index in [0.717, 1.165) is 12.3 Å². The molecule has 0 aliphatic heterocycles. The van der Waals surface area contributed by atoms with Crippen LogP contribution in [-0.4, -0.2) is 11.8 Å². The molecule has 0 saturated carbocycles. The molecular weight excluding hydrogens is 222 g/mol. The Kier molecular flexibility index (Phi) is 5.72.